The van der Waals surface area contributed by atoms with Crippen LogP contribution in [-0.2, 0) is 0 Å². The van der Waals surface area contributed by atoms with Gasteiger partial charge in [0.05, 0.1) is 21.8 Å². The van der Waals surface area contributed by atoms with Crippen molar-refractivity contribution in [1.29, 1.82) is 0 Å². The molecule has 0 aliphatic rings. The van der Waals surface area contributed by atoms with Crippen LogP contribution in [0.2, 0.25) is 5.02 Å². The number of fused-ring (bicyclic) bond motifs is 1. The van der Waals surface area contributed by atoms with Crippen molar-refractivity contribution in [2.24, 2.45) is 0 Å². The van der Waals surface area contributed by atoms with Gasteiger partial charge in [-0.3, -0.25) is 4.79 Å². The molecule has 0 fully saturated rings. The molecule has 0 unspecified atom stereocenters. The Labute approximate surface area is 262 Å². The van der Waals surface area contributed by atoms with Gasteiger partial charge in [0.15, 0.2) is 5.82 Å². The molecule has 0 spiro atoms. The van der Waals surface area contributed by atoms with Gasteiger partial charge < -0.3 is 9.47 Å². The summed E-state index contributed by atoms with van der Waals surface area (Å²) in [6.45, 7) is 6.73. The molecular weight excluding hydrogens is 594 g/mol. The summed E-state index contributed by atoms with van der Waals surface area (Å²) in [5.74, 6) is 1.84. The van der Waals surface area contributed by atoms with Gasteiger partial charge in [-0.05, 0) is 66.6 Å². The maximum Gasteiger partial charge on any atom is 0.291 e. The third-order valence-corrected chi connectivity index (χ3v) is 7.84. The van der Waals surface area contributed by atoms with E-state index in [1.807, 2.05) is 98.1 Å². The molecule has 6 rings (SSSR count). The summed E-state index contributed by atoms with van der Waals surface area (Å²) >= 11 is 7.84. The fourth-order valence-electron chi connectivity index (χ4n) is 4.47. The number of benzene rings is 3. The van der Waals surface area contributed by atoms with E-state index >= 15 is 0 Å². The number of hydrogen-bond acceptors (Lipinski definition) is 7. The van der Waals surface area contributed by atoms with Crippen molar-refractivity contribution in [1.82, 2.24) is 24.4 Å². The molecule has 10 heteroatoms. The number of rotatable bonds is 11. The van der Waals surface area contributed by atoms with Crippen LogP contribution in [0.1, 0.15) is 30.3 Å². The van der Waals surface area contributed by atoms with Gasteiger partial charge in [-0.25, -0.2) is 4.68 Å². The maximum absolute atomic E-state index is 13.4. The van der Waals surface area contributed by atoms with Crippen LogP contribution in [-0.4, -0.2) is 37.6 Å². The second-order valence-corrected chi connectivity index (χ2v) is 11.2. The summed E-state index contributed by atoms with van der Waals surface area (Å²) in [5.41, 5.74) is 3.84. The van der Waals surface area contributed by atoms with Crippen molar-refractivity contribution < 1.29 is 9.47 Å². The van der Waals surface area contributed by atoms with Crippen molar-refractivity contribution >= 4 is 46.1 Å². The Kier molecular flexibility index (Phi) is 8.67. The van der Waals surface area contributed by atoms with E-state index in [9.17, 15) is 4.79 Å². The molecule has 0 bridgehead atoms. The first-order chi connectivity index (χ1) is 21.5. The molecule has 0 saturated carbocycles. The average molecular weight is 622 g/mol. The number of ether oxygens (including phenoxy) is 2. The van der Waals surface area contributed by atoms with Gasteiger partial charge >= 0.3 is 0 Å². The van der Waals surface area contributed by atoms with E-state index in [1.54, 1.807) is 16.8 Å². The van der Waals surface area contributed by atoms with E-state index in [2.05, 4.69) is 16.7 Å². The lowest BCUT2D eigenvalue weighted by molar-refractivity contribution is 0.317. The molecule has 220 valence electrons. The minimum Gasteiger partial charge on any atom is -0.492 e. The Morgan fingerprint density at radius 1 is 1.00 bits per heavy atom. The fourth-order valence-corrected chi connectivity index (χ4v) is 5.61. The second kappa shape index (κ2) is 13.1. The third kappa shape index (κ3) is 6.34. The zero-order valence-electron chi connectivity index (χ0n) is 23.9. The normalized spacial score (nSPS) is 11.9. The van der Waals surface area contributed by atoms with Crippen molar-refractivity contribution in [2.45, 2.75) is 13.3 Å². The highest BCUT2D eigenvalue weighted by atomic mass is 35.5. The van der Waals surface area contributed by atoms with E-state index in [0.29, 0.717) is 45.0 Å². The summed E-state index contributed by atoms with van der Waals surface area (Å²) < 4.78 is 14.9. The zero-order valence-corrected chi connectivity index (χ0v) is 25.5. The lowest BCUT2D eigenvalue weighted by Gasteiger charge is -2.08. The molecule has 6 aromatic rings. The summed E-state index contributed by atoms with van der Waals surface area (Å²) in [6.07, 6.45) is 9.98. The number of nitrogens with zero attached hydrogens (tertiary/aromatic N) is 5. The van der Waals surface area contributed by atoms with Crippen LogP contribution in [0.5, 0.6) is 11.5 Å². The van der Waals surface area contributed by atoms with E-state index in [-0.39, 0.29) is 5.56 Å². The molecule has 0 radical (unpaired) electrons. The number of para-hydroxylation sites is 1. The molecule has 0 saturated heterocycles. The van der Waals surface area contributed by atoms with Gasteiger partial charge in [-0.2, -0.15) is 14.6 Å². The van der Waals surface area contributed by atoms with Crippen LogP contribution >= 0.6 is 22.9 Å². The highest BCUT2D eigenvalue weighted by molar-refractivity contribution is 7.15. The SMILES string of the molecule is C=CCOc1ccc(/C=C/c2nc3s/c(=C\c4cn(-c5ccccc5)nc4-c4ccc(OCCC)c(Cl)c4)c(=O)n3n2)cc1. The second-order valence-electron chi connectivity index (χ2n) is 9.79. The van der Waals surface area contributed by atoms with Crippen molar-refractivity contribution in [3.63, 3.8) is 0 Å². The highest BCUT2D eigenvalue weighted by Gasteiger charge is 2.15. The van der Waals surface area contributed by atoms with Crippen LogP contribution in [0.15, 0.2) is 96.4 Å². The quantitative estimate of drug-likeness (QED) is 0.149. The first-order valence-corrected chi connectivity index (χ1v) is 15.2. The van der Waals surface area contributed by atoms with Crippen LogP contribution in [0.3, 0.4) is 0 Å². The largest absolute Gasteiger partial charge is 0.492 e. The highest BCUT2D eigenvalue weighted by Crippen LogP contribution is 2.32. The number of aromatic nitrogens is 5. The summed E-state index contributed by atoms with van der Waals surface area (Å²) in [4.78, 5) is 18.5. The Bertz CT molecular complexity index is 2060. The molecule has 0 amide bonds. The molecular formula is C34H28ClN5O3S. The molecule has 0 aliphatic carbocycles. The van der Waals surface area contributed by atoms with Crippen LogP contribution in [0.4, 0.5) is 0 Å². The van der Waals surface area contributed by atoms with Gasteiger partial charge in [0.2, 0.25) is 4.96 Å². The maximum atomic E-state index is 13.4. The van der Waals surface area contributed by atoms with E-state index in [4.69, 9.17) is 26.2 Å². The number of hydrogen-bond donors (Lipinski definition) is 0. The molecule has 0 N–H and O–H groups in total. The molecule has 3 heterocycles. The first kappa shape index (κ1) is 29.1. The van der Waals surface area contributed by atoms with Crippen molar-refractivity contribution in [3.8, 4) is 28.4 Å². The predicted molar refractivity (Wildman–Crippen MR) is 177 cm³/mol. The van der Waals surface area contributed by atoms with Gasteiger partial charge in [-0.1, -0.05) is 78.9 Å². The monoisotopic (exact) mass is 621 g/mol. The van der Waals surface area contributed by atoms with Crippen molar-refractivity contribution in [2.75, 3.05) is 13.2 Å². The predicted octanol–water partition coefficient (Wildman–Crippen LogP) is 6.73. The van der Waals surface area contributed by atoms with Gasteiger partial charge in [-0.15, -0.1) is 5.10 Å². The summed E-state index contributed by atoms with van der Waals surface area (Å²) in [6, 6.07) is 23.0. The van der Waals surface area contributed by atoms with Gasteiger partial charge in [0, 0.05) is 17.3 Å². The Morgan fingerprint density at radius 2 is 1.82 bits per heavy atom. The van der Waals surface area contributed by atoms with Crippen LogP contribution in [0.25, 0.3) is 40.1 Å². The van der Waals surface area contributed by atoms with Crippen molar-refractivity contribution in [3.05, 3.63) is 129 Å². The lowest BCUT2D eigenvalue weighted by Crippen LogP contribution is -2.23. The Balaban J connectivity index is 1.33. The van der Waals surface area contributed by atoms with E-state index in [0.717, 1.165) is 34.5 Å². The Morgan fingerprint density at radius 3 is 2.55 bits per heavy atom. The topological polar surface area (TPSA) is 83.5 Å². The minimum atomic E-state index is -0.249. The molecule has 3 aromatic carbocycles. The first-order valence-electron chi connectivity index (χ1n) is 14.0. The molecule has 3 aromatic heterocycles. The standard InChI is InChI=1S/C34H28ClN5O3S/c1-3-18-42-27-14-10-23(11-15-27)12-17-31-36-34-40(37-31)33(41)30(44-34)21-25-22-39(26-8-6-5-7-9-26)38-32(25)24-13-16-29(28(35)20-24)43-19-4-2/h3,5-17,20-22H,1,4,18-19H2,2H3/b17-12+,30-21-. The minimum absolute atomic E-state index is 0.249. The van der Waals surface area contributed by atoms with E-state index < -0.39 is 0 Å². The smallest absolute Gasteiger partial charge is 0.291 e. The summed E-state index contributed by atoms with van der Waals surface area (Å²) in [5, 5.41) is 9.80. The molecule has 0 atom stereocenters. The fraction of sp³-hybridized carbons (Fsp3) is 0.118. The average Bonchev–Trinajstić information content (AvgIpc) is 3.74. The van der Waals surface area contributed by atoms with E-state index in [1.165, 1.54) is 15.9 Å². The lowest BCUT2D eigenvalue weighted by atomic mass is 10.1. The van der Waals surface area contributed by atoms with Gasteiger partial charge in [0.1, 0.15) is 23.8 Å². The molecule has 0 aliphatic heterocycles. The number of thiazole rings is 1. The number of halogens is 1. The molecule has 44 heavy (non-hydrogen) atoms. The third-order valence-electron chi connectivity index (χ3n) is 6.59. The molecule has 8 nitrogen and oxygen atoms in total. The Hall–Kier alpha value is -4.99. The zero-order chi connectivity index (χ0) is 30.5. The van der Waals surface area contributed by atoms with Crippen LogP contribution < -0.4 is 19.6 Å². The van der Waals surface area contributed by atoms with Crippen LogP contribution in [0, 0.1) is 0 Å². The van der Waals surface area contributed by atoms with Gasteiger partial charge in [0.25, 0.3) is 5.56 Å². The summed E-state index contributed by atoms with van der Waals surface area (Å²) in [7, 11) is 0.